The Bertz CT molecular complexity index is 481. The van der Waals surface area contributed by atoms with Gasteiger partial charge in [-0.2, -0.15) is 0 Å². The summed E-state index contributed by atoms with van der Waals surface area (Å²) in [6, 6.07) is 0. The average Bonchev–Trinajstić information content (AvgIpc) is 2.81. The van der Waals surface area contributed by atoms with Crippen LogP contribution in [-0.4, -0.2) is 16.1 Å². The fraction of sp³-hybridized carbons (Fsp3) is 0.812. The molecule has 0 aromatic carbocycles. The standard InChI is InChI=1S/C16H23N3/c1-2-19-10-18-15(14(19)9-17-1)16-6-11-3-12(7-16)5-13(4-11)8-16/h10-13,17H,1-9H2. The van der Waals surface area contributed by atoms with E-state index in [1.54, 1.807) is 0 Å². The molecule has 2 heterocycles. The van der Waals surface area contributed by atoms with Crippen molar-refractivity contribution in [3.8, 4) is 0 Å². The predicted molar refractivity (Wildman–Crippen MR) is 73.8 cm³/mol. The van der Waals surface area contributed by atoms with Crippen molar-refractivity contribution in [2.75, 3.05) is 6.54 Å². The van der Waals surface area contributed by atoms with Crippen LogP contribution in [0.3, 0.4) is 0 Å². The van der Waals surface area contributed by atoms with E-state index >= 15 is 0 Å². The summed E-state index contributed by atoms with van der Waals surface area (Å²) >= 11 is 0. The minimum Gasteiger partial charge on any atom is -0.332 e. The second-order valence-electron chi connectivity index (χ2n) is 7.61. The van der Waals surface area contributed by atoms with Gasteiger partial charge in [0, 0.05) is 25.0 Å². The van der Waals surface area contributed by atoms with E-state index < -0.39 is 0 Å². The smallest absolute Gasteiger partial charge is 0.0952 e. The fourth-order valence-corrected chi connectivity index (χ4v) is 6.04. The number of hydrogen-bond acceptors (Lipinski definition) is 2. The van der Waals surface area contributed by atoms with Crippen molar-refractivity contribution in [3.05, 3.63) is 17.7 Å². The lowest BCUT2D eigenvalue weighted by Gasteiger charge is -2.56. The monoisotopic (exact) mass is 257 g/mol. The van der Waals surface area contributed by atoms with Crippen molar-refractivity contribution in [1.82, 2.24) is 14.9 Å². The van der Waals surface area contributed by atoms with Crippen LogP contribution in [0.4, 0.5) is 0 Å². The van der Waals surface area contributed by atoms with Crippen LogP contribution < -0.4 is 5.32 Å². The Morgan fingerprint density at radius 2 is 1.79 bits per heavy atom. The van der Waals surface area contributed by atoms with Gasteiger partial charge in [0.15, 0.2) is 0 Å². The topological polar surface area (TPSA) is 29.9 Å². The summed E-state index contributed by atoms with van der Waals surface area (Å²) in [5.74, 6) is 3.04. The van der Waals surface area contributed by atoms with Crippen LogP contribution in [0.15, 0.2) is 6.33 Å². The van der Waals surface area contributed by atoms with Crippen LogP contribution in [0.2, 0.25) is 0 Å². The zero-order valence-corrected chi connectivity index (χ0v) is 11.6. The van der Waals surface area contributed by atoms with Crippen LogP contribution >= 0.6 is 0 Å². The van der Waals surface area contributed by atoms with Gasteiger partial charge in [0.2, 0.25) is 0 Å². The highest BCUT2D eigenvalue weighted by molar-refractivity contribution is 5.28. The first-order valence-corrected chi connectivity index (χ1v) is 8.08. The number of hydrogen-bond donors (Lipinski definition) is 1. The molecule has 1 aromatic rings. The maximum atomic E-state index is 4.91. The third-order valence-corrected chi connectivity index (χ3v) is 6.31. The molecule has 0 spiro atoms. The molecule has 4 bridgehead atoms. The Labute approximate surface area is 114 Å². The third-order valence-electron chi connectivity index (χ3n) is 6.31. The van der Waals surface area contributed by atoms with E-state index in [0.717, 1.165) is 37.4 Å². The maximum absolute atomic E-state index is 4.91. The molecule has 102 valence electrons. The van der Waals surface area contributed by atoms with Crippen molar-refractivity contribution in [1.29, 1.82) is 0 Å². The molecule has 3 nitrogen and oxygen atoms in total. The first kappa shape index (κ1) is 10.9. The van der Waals surface area contributed by atoms with Crippen molar-refractivity contribution >= 4 is 0 Å². The van der Waals surface area contributed by atoms with Gasteiger partial charge in [0.1, 0.15) is 0 Å². The quantitative estimate of drug-likeness (QED) is 0.837. The lowest BCUT2D eigenvalue weighted by Crippen LogP contribution is -2.49. The van der Waals surface area contributed by atoms with Gasteiger partial charge in [-0.05, 0) is 56.3 Å². The minimum absolute atomic E-state index is 0.467. The molecule has 3 heteroatoms. The van der Waals surface area contributed by atoms with Gasteiger partial charge in [-0.25, -0.2) is 4.98 Å². The summed E-state index contributed by atoms with van der Waals surface area (Å²) in [6.07, 6.45) is 11.0. The van der Waals surface area contributed by atoms with Gasteiger partial charge in [-0.15, -0.1) is 0 Å². The molecule has 4 aliphatic carbocycles. The van der Waals surface area contributed by atoms with Crippen molar-refractivity contribution in [2.45, 2.75) is 57.0 Å². The molecule has 0 saturated heterocycles. The van der Waals surface area contributed by atoms with Crippen LogP contribution in [0.25, 0.3) is 0 Å². The molecule has 19 heavy (non-hydrogen) atoms. The molecule has 4 fully saturated rings. The van der Waals surface area contributed by atoms with Crippen LogP contribution in [0.1, 0.15) is 49.9 Å². The second kappa shape index (κ2) is 3.63. The summed E-state index contributed by atoms with van der Waals surface area (Å²) in [4.78, 5) is 4.91. The molecule has 0 radical (unpaired) electrons. The van der Waals surface area contributed by atoms with Crippen molar-refractivity contribution in [3.63, 3.8) is 0 Å². The molecular weight excluding hydrogens is 234 g/mol. The van der Waals surface area contributed by atoms with Gasteiger partial charge in [-0.1, -0.05) is 0 Å². The normalized spacial score (nSPS) is 43.5. The zero-order valence-electron chi connectivity index (χ0n) is 11.6. The SMILES string of the molecule is c1nc(C23CC4CC(CC(C4)C2)C3)c2n1CCNC2. The van der Waals surface area contributed by atoms with Gasteiger partial charge < -0.3 is 9.88 Å². The summed E-state index contributed by atoms with van der Waals surface area (Å²) in [7, 11) is 0. The molecule has 5 aliphatic rings. The molecule has 6 rings (SSSR count). The van der Waals surface area contributed by atoms with E-state index in [1.165, 1.54) is 49.9 Å². The Morgan fingerprint density at radius 1 is 1.11 bits per heavy atom. The van der Waals surface area contributed by atoms with E-state index in [-0.39, 0.29) is 0 Å². The summed E-state index contributed by atoms with van der Waals surface area (Å²) < 4.78 is 2.41. The minimum atomic E-state index is 0.467. The molecule has 1 aromatic heterocycles. The van der Waals surface area contributed by atoms with Gasteiger partial charge >= 0.3 is 0 Å². The molecule has 0 atom stereocenters. The van der Waals surface area contributed by atoms with Crippen LogP contribution in [0, 0.1) is 17.8 Å². The Hall–Kier alpha value is -0.830. The number of imidazole rings is 1. The van der Waals surface area contributed by atoms with E-state index in [1.807, 2.05) is 0 Å². The van der Waals surface area contributed by atoms with Gasteiger partial charge in [0.05, 0.1) is 17.7 Å². The van der Waals surface area contributed by atoms with E-state index in [2.05, 4.69) is 16.2 Å². The second-order valence-corrected chi connectivity index (χ2v) is 7.61. The number of aromatic nitrogens is 2. The zero-order chi connectivity index (χ0) is 12.4. The number of rotatable bonds is 1. The molecule has 0 amide bonds. The molecule has 1 aliphatic heterocycles. The summed E-state index contributed by atoms with van der Waals surface area (Å²) in [5.41, 5.74) is 3.46. The van der Waals surface area contributed by atoms with Crippen molar-refractivity contribution < 1.29 is 0 Å². The van der Waals surface area contributed by atoms with Gasteiger partial charge in [-0.3, -0.25) is 0 Å². The summed E-state index contributed by atoms with van der Waals surface area (Å²) in [6.45, 7) is 3.25. The predicted octanol–water partition coefficient (Wildman–Crippen LogP) is 2.45. The third kappa shape index (κ3) is 1.45. The highest BCUT2D eigenvalue weighted by Crippen LogP contribution is 2.60. The van der Waals surface area contributed by atoms with Gasteiger partial charge in [0.25, 0.3) is 0 Å². The first-order chi connectivity index (χ1) is 9.32. The summed E-state index contributed by atoms with van der Waals surface area (Å²) in [5, 5.41) is 3.54. The highest BCUT2D eigenvalue weighted by Gasteiger charge is 2.53. The number of nitrogens with one attached hydrogen (secondary N) is 1. The van der Waals surface area contributed by atoms with E-state index in [9.17, 15) is 0 Å². The lowest BCUT2D eigenvalue weighted by atomic mass is 9.48. The Balaban J connectivity index is 1.60. The maximum Gasteiger partial charge on any atom is 0.0952 e. The highest BCUT2D eigenvalue weighted by atomic mass is 15.1. The molecular formula is C16H23N3. The van der Waals surface area contributed by atoms with Crippen LogP contribution in [-0.2, 0) is 18.5 Å². The fourth-order valence-electron chi connectivity index (χ4n) is 6.04. The lowest BCUT2D eigenvalue weighted by molar-refractivity contribution is -0.00761. The Kier molecular flexibility index (Phi) is 2.08. The van der Waals surface area contributed by atoms with E-state index in [4.69, 9.17) is 4.98 Å². The molecule has 1 N–H and O–H groups in total. The van der Waals surface area contributed by atoms with E-state index in [0.29, 0.717) is 5.41 Å². The molecule has 0 unspecified atom stereocenters. The number of fused-ring (bicyclic) bond motifs is 1. The molecule has 4 saturated carbocycles. The Morgan fingerprint density at radius 3 is 2.47 bits per heavy atom. The first-order valence-electron chi connectivity index (χ1n) is 8.08. The number of nitrogens with zero attached hydrogens (tertiary/aromatic N) is 2. The largest absolute Gasteiger partial charge is 0.332 e. The average molecular weight is 257 g/mol. The van der Waals surface area contributed by atoms with Crippen LogP contribution in [0.5, 0.6) is 0 Å². The van der Waals surface area contributed by atoms with Crippen molar-refractivity contribution in [2.24, 2.45) is 17.8 Å².